The van der Waals surface area contributed by atoms with Crippen LogP contribution in [0.1, 0.15) is 69.6 Å². The number of benzene rings is 1. The number of alkyl carbamates (subject to hydrolysis) is 1. The molecule has 0 bridgehead atoms. The topological polar surface area (TPSA) is 79.8 Å². The molecule has 1 amide bonds. The molecule has 6 heteroatoms. The fourth-order valence-electron chi connectivity index (χ4n) is 3.64. The van der Waals surface area contributed by atoms with Crippen LogP contribution in [-0.4, -0.2) is 30.2 Å². The van der Waals surface area contributed by atoms with Crippen LogP contribution in [0.3, 0.4) is 0 Å². The maximum atomic E-state index is 12.1. The lowest BCUT2D eigenvalue weighted by Gasteiger charge is -2.28. The fourth-order valence-corrected chi connectivity index (χ4v) is 3.64. The number of hydrogen-bond acceptors (Lipinski definition) is 5. The Morgan fingerprint density at radius 2 is 2.04 bits per heavy atom. The number of ether oxygens (including phenoxy) is 1. The van der Waals surface area contributed by atoms with E-state index in [1.807, 2.05) is 20.8 Å². The maximum Gasteiger partial charge on any atom is 0.407 e. The number of fused-ring (bicyclic) bond motifs is 1. The van der Waals surface area contributed by atoms with Crippen LogP contribution >= 0.6 is 0 Å². The molecular weight excluding hydrogens is 354 g/mol. The van der Waals surface area contributed by atoms with Gasteiger partial charge in [-0.3, -0.25) is 5.43 Å². The third-order valence-electron chi connectivity index (χ3n) is 5.60. The molecule has 4 rings (SSSR count). The quantitative estimate of drug-likeness (QED) is 0.781. The molecule has 0 aromatic heterocycles. The first-order valence-corrected chi connectivity index (χ1v) is 9.94. The first kappa shape index (κ1) is 18.7. The predicted octanol–water partition coefficient (Wildman–Crippen LogP) is 3.64. The Hall–Kier alpha value is -2.63. The van der Waals surface area contributed by atoms with Gasteiger partial charge >= 0.3 is 6.09 Å². The van der Waals surface area contributed by atoms with E-state index >= 15 is 0 Å². The van der Waals surface area contributed by atoms with E-state index in [9.17, 15) is 9.59 Å². The molecule has 3 aliphatic rings. The maximum absolute atomic E-state index is 12.1. The number of aldehydes is 1. The molecule has 28 heavy (non-hydrogen) atoms. The predicted molar refractivity (Wildman–Crippen MR) is 108 cm³/mol. The molecule has 0 unspecified atom stereocenters. The van der Waals surface area contributed by atoms with E-state index in [1.165, 1.54) is 12.0 Å². The minimum atomic E-state index is -0.550. The van der Waals surface area contributed by atoms with Crippen LogP contribution in [-0.2, 0) is 14.9 Å². The van der Waals surface area contributed by atoms with Crippen LogP contribution in [0.15, 0.2) is 28.9 Å². The summed E-state index contributed by atoms with van der Waals surface area (Å²) in [6.07, 6.45) is 5.76. The molecule has 6 nitrogen and oxygen atoms in total. The van der Waals surface area contributed by atoms with E-state index in [0.717, 1.165) is 60.1 Å². The number of amides is 1. The van der Waals surface area contributed by atoms with E-state index in [2.05, 4.69) is 34.0 Å². The molecule has 0 saturated heterocycles. The van der Waals surface area contributed by atoms with Gasteiger partial charge in [-0.15, -0.1) is 0 Å². The summed E-state index contributed by atoms with van der Waals surface area (Å²) in [7, 11) is 0. The average Bonchev–Trinajstić information content (AvgIpc) is 3.39. The zero-order valence-corrected chi connectivity index (χ0v) is 16.7. The van der Waals surface area contributed by atoms with Crippen molar-refractivity contribution in [1.29, 1.82) is 0 Å². The lowest BCUT2D eigenvalue weighted by Crippen LogP contribution is -2.37. The summed E-state index contributed by atoms with van der Waals surface area (Å²) < 4.78 is 5.33. The number of hydrogen-bond donors (Lipinski definition) is 2. The lowest BCUT2D eigenvalue weighted by atomic mass is 9.84. The zero-order valence-electron chi connectivity index (χ0n) is 16.7. The van der Waals surface area contributed by atoms with Crippen molar-refractivity contribution >= 4 is 23.8 Å². The summed E-state index contributed by atoms with van der Waals surface area (Å²) in [4.78, 5) is 23.6. The van der Waals surface area contributed by atoms with Gasteiger partial charge < -0.3 is 14.8 Å². The molecule has 2 aliphatic carbocycles. The van der Waals surface area contributed by atoms with Gasteiger partial charge in [0, 0.05) is 11.1 Å². The van der Waals surface area contributed by atoms with E-state index in [0.29, 0.717) is 0 Å². The Morgan fingerprint density at radius 3 is 2.61 bits per heavy atom. The van der Waals surface area contributed by atoms with Crippen molar-refractivity contribution in [3.63, 3.8) is 0 Å². The molecular formula is C22H27N3O3. The number of nitrogens with one attached hydrogen (secondary N) is 2. The molecule has 1 aromatic carbocycles. The van der Waals surface area contributed by atoms with E-state index in [-0.39, 0.29) is 12.0 Å². The van der Waals surface area contributed by atoms with Crippen molar-refractivity contribution in [3.05, 3.63) is 40.5 Å². The Kier molecular flexibility index (Phi) is 4.52. The second-order valence-electron chi connectivity index (χ2n) is 8.89. The fraction of sp³-hybridized carbons (Fsp3) is 0.500. The lowest BCUT2D eigenvalue weighted by molar-refractivity contribution is -0.109. The number of carbonyl (C=O) groups excluding carboxylic acids is 2. The Balaban J connectivity index is 1.62. The molecule has 0 radical (unpaired) electrons. The normalized spacial score (nSPS) is 19.6. The van der Waals surface area contributed by atoms with Crippen molar-refractivity contribution < 1.29 is 14.3 Å². The van der Waals surface area contributed by atoms with Crippen LogP contribution in [0.4, 0.5) is 4.79 Å². The van der Waals surface area contributed by atoms with E-state index < -0.39 is 11.7 Å². The van der Waals surface area contributed by atoms with Gasteiger partial charge in [0.2, 0.25) is 0 Å². The summed E-state index contributed by atoms with van der Waals surface area (Å²) >= 11 is 0. The van der Waals surface area contributed by atoms with Crippen LogP contribution in [0, 0.1) is 0 Å². The van der Waals surface area contributed by atoms with Crippen LogP contribution < -0.4 is 10.7 Å². The standard InChI is InChI=1S/C22H27N3O3/c1-21(2,3)28-20(27)23-12-18-17-11-15(22(13-26)9-10-22)7-8-16(17)19(25-24-18)14-5-4-6-14/h7-8,11,13,25H,4-6,9-10,12H2,1-3H3,(H,23,27). The second-order valence-corrected chi connectivity index (χ2v) is 8.89. The highest BCUT2D eigenvalue weighted by molar-refractivity contribution is 6.08. The van der Waals surface area contributed by atoms with Gasteiger partial charge in [0.1, 0.15) is 11.9 Å². The summed E-state index contributed by atoms with van der Waals surface area (Å²) in [6.45, 7) is 5.76. The van der Waals surface area contributed by atoms with Gasteiger partial charge in [0.15, 0.2) is 0 Å². The summed E-state index contributed by atoms with van der Waals surface area (Å²) in [5, 5.41) is 7.34. The van der Waals surface area contributed by atoms with Gasteiger partial charge in [-0.25, -0.2) is 4.79 Å². The molecule has 0 atom stereocenters. The number of nitrogens with zero attached hydrogens (tertiary/aromatic N) is 1. The summed E-state index contributed by atoms with van der Waals surface area (Å²) in [5.41, 5.74) is 8.61. The number of allylic oxidation sites excluding steroid dienone is 1. The number of hydrazone groups is 1. The van der Waals surface area contributed by atoms with Crippen LogP contribution in [0.5, 0.6) is 0 Å². The highest BCUT2D eigenvalue weighted by atomic mass is 16.6. The number of carbonyl (C=O) groups is 2. The highest BCUT2D eigenvalue weighted by Gasteiger charge is 2.44. The molecule has 1 heterocycles. The molecule has 0 spiro atoms. The van der Waals surface area contributed by atoms with Crippen LogP contribution in [0.25, 0.3) is 5.70 Å². The molecule has 1 aromatic rings. The SMILES string of the molecule is CC(C)(C)OC(=O)NCC1=NNC(=C2CCC2)c2ccc(C3(C=O)CC3)cc21. The Labute approximate surface area is 165 Å². The van der Waals surface area contributed by atoms with Crippen LogP contribution in [0.2, 0.25) is 0 Å². The second kappa shape index (κ2) is 6.76. The highest BCUT2D eigenvalue weighted by Crippen LogP contribution is 2.47. The molecule has 2 fully saturated rings. The van der Waals surface area contributed by atoms with Crippen molar-refractivity contribution in [1.82, 2.24) is 10.7 Å². The zero-order chi connectivity index (χ0) is 19.9. The largest absolute Gasteiger partial charge is 0.444 e. The summed E-state index contributed by atoms with van der Waals surface area (Å²) in [6, 6.07) is 6.22. The first-order chi connectivity index (χ1) is 13.3. The van der Waals surface area contributed by atoms with Gasteiger partial charge in [-0.2, -0.15) is 5.10 Å². The van der Waals surface area contributed by atoms with Gasteiger partial charge in [0.25, 0.3) is 0 Å². The van der Waals surface area contributed by atoms with Crippen molar-refractivity contribution in [2.75, 3.05) is 6.54 Å². The van der Waals surface area contributed by atoms with E-state index in [1.54, 1.807) is 0 Å². The smallest absolute Gasteiger partial charge is 0.407 e. The third-order valence-corrected chi connectivity index (χ3v) is 5.60. The van der Waals surface area contributed by atoms with Crippen molar-refractivity contribution in [3.8, 4) is 0 Å². The Bertz CT molecular complexity index is 883. The molecule has 148 valence electrons. The third kappa shape index (κ3) is 3.55. The monoisotopic (exact) mass is 381 g/mol. The van der Waals surface area contributed by atoms with Crippen molar-refractivity contribution in [2.24, 2.45) is 5.10 Å². The minimum absolute atomic E-state index is 0.259. The van der Waals surface area contributed by atoms with Crippen molar-refractivity contribution in [2.45, 2.75) is 63.9 Å². The van der Waals surface area contributed by atoms with E-state index in [4.69, 9.17) is 4.74 Å². The van der Waals surface area contributed by atoms with Gasteiger partial charge in [0.05, 0.1) is 23.4 Å². The summed E-state index contributed by atoms with van der Waals surface area (Å²) in [5.74, 6) is 0. The minimum Gasteiger partial charge on any atom is -0.444 e. The average molecular weight is 381 g/mol. The molecule has 2 saturated carbocycles. The molecule has 2 N–H and O–H groups in total. The van der Waals surface area contributed by atoms with Gasteiger partial charge in [-0.05, 0) is 70.1 Å². The number of rotatable bonds is 4. The first-order valence-electron chi connectivity index (χ1n) is 9.94. The Morgan fingerprint density at radius 1 is 1.29 bits per heavy atom. The molecule has 1 aliphatic heterocycles. The van der Waals surface area contributed by atoms with Gasteiger partial charge in [-0.1, -0.05) is 12.1 Å².